The summed E-state index contributed by atoms with van der Waals surface area (Å²) in [5, 5.41) is 6.03. The standard InChI is InChI=1S/C23H38N4O3/c1-5-7-8-18(6-2)22(28)25-19-9-10-21(26(3)4)20(17-19)23(29)24-11-12-27-13-15-30-16-14-27/h9-10,17-18H,5-8,11-16H2,1-4H3,(H,24,29)(H,25,28). The van der Waals surface area contributed by atoms with Crippen molar-refractivity contribution in [3.05, 3.63) is 23.8 Å². The van der Waals surface area contributed by atoms with E-state index in [0.717, 1.165) is 64.2 Å². The summed E-state index contributed by atoms with van der Waals surface area (Å²) in [4.78, 5) is 29.7. The Hall–Kier alpha value is -2.12. The van der Waals surface area contributed by atoms with Crippen LogP contribution in [-0.4, -0.2) is 70.2 Å². The van der Waals surface area contributed by atoms with Crippen LogP contribution in [0.25, 0.3) is 0 Å². The fourth-order valence-corrected chi connectivity index (χ4v) is 3.65. The Morgan fingerprint density at radius 2 is 1.93 bits per heavy atom. The normalized spacial score (nSPS) is 15.5. The van der Waals surface area contributed by atoms with Crippen molar-refractivity contribution < 1.29 is 14.3 Å². The molecule has 1 aromatic carbocycles. The number of morpholine rings is 1. The largest absolute Gasteiger partial charge is 0.379 e. The lowest BCUT2D eigenvalue weighted by Crippen LogP contribution is -2.41. The van der Waals surface area contributed by atoms with Gasteiger partial charge in [-0.15, -0.1) is 0 Å². The minimum Gasteiger partial charge on any atom is -0.379 e. The molecule has 2 rings (SSSR count). The van der Waals surface area contributed by atoms with Crippen LogP contribution in [0.1, 0.15) is 49.9 Å². The summed E-state index contributed by atoms with van der Waals surface area (Å²) in [7, 11) is 3.83. The van der Waals surface area contributed by atoms with E-state index in [1.165, 1.54) is 0 Å². The maximum Gasteiger partial charge on any atom is 0.253 e. The van der Waals surface area contributed by atoms with Gasteiger partial charge in [0.1, 0.15) is 0 Å². The molecule has 0 spiro atoms. The Bertz CT molecular complexity index is 687. The van der Waals surface area contributed by atoms with Crippen molar-refractivity contribution in [3.63, 3.8) is 0 Å². The van der Waals surface area contributed by atoms with Crippen molar-refractivity contribution in [1.82, 2.24) is 10.2 Å². The second-order valence-corrected chi connectivity index (χ2v) is 8.07. The third-order valence-corrected chi connectivity index (χ3v) is 5.58. The van der Waals surface area contributed by atoms with E-state index in [0.29, 0.717) is 17.8 Å². The average molecular weight is 419 g/mol. The van der Waals surface area contributed by atoms with E-state index in [1.807, 2.05) is 38.1 Å². The number of nitrogens with zero attached hydrogens (tertiary/aromatic N) is 2. The lowest BCUT2D eigenvalue weighted by atomic mass is 9.98. The lowest BCUT2D eigenvalue weighted by Gasteiger charge is -2.26. The first-order chi connectivity index (χ1) is 14.5. The van der Waals surface area contributed by atoms with Crippen LogP contribution in [0.5, 0.6) is 0 Å². The van der Waals surface area contributed by atoms with Crippen molar-refractivity contribution >= 4 is 23.2 Å². The van der Waals surface area contributed by atoms with E-state index >= 15 is 0 Å². The molecule has 168 valence electrons. The predicted octanol–water partition coefficient (Wildman–Crippen LogP) is 2.97. The fraction of sp³-hybridized carbons (Fsp3) is 0.652. The maximum atomic E-state index is 12.9. The molecule has 2 N–H and O–H groups in total. The number of amides is 2. The number of nitrogens with one attached hydrogen (secondary N) is 2. The highest BCUT2D eigenvalue weighted by Crippen LogP contribution is 2.24. The number of anilines is 2. The van der Waals surface area contributed by atoms with Gasteiger partial charge in [-0.25, -0.2) is 0 Å². The van der Waals surface area contributed by atoms with Crippen LogP contribution in [0.2, 0.25) is 0 Å². The second kappa shape index (κ2) is 12.5. The van der Waals surface area contributed by atoms with E-state index in [-0.39, 0.29) is 17.7 Å². The summed E-state index contributed by atoms with van der Waals surface area (Å²) in [5.41, 5.74) is 2.06. The molecular formula is C23H38N4O3. The Labute approximate surface area is 181 Å². The molecule has 1 unspecified atom stereocenters. The fourth-order valence-electron chi connectivity index (χ4n) is 3.65. The van der Waals surface area contributed by atoms with Gasteiger partial charge in [0.15, 0.2) is 0 Å². The van der Waals surface area contributed by atoms with Crippen LogP contribution in [0.3, 0.4) is 0 Å². The number of carbonyl (C=O) groups is 2. The molecule has 1 aliphatic heterocycles. The number of rotatable bonds is 11. The van der Waals surface area contributed by atoms with E-state index < -0.39 is 0 Å². The average Bonchev–Trinajstić information content (AvgIpc) is 2.74. The molecule has 0 aliphatic carbocycles. The topological polar surface area (TPSA) is 73.9 Å². The number of hydrogen-bond acceptors (Lipinski definition) is 5. The van der Waals surface area contributed by atoms with Crippen LogP contribution >= 0.6 is 0 Å². The van der Waals surface area contributed by atoms with Gasteiger partial charge in [-0.2, -0.15) is 0 Å². The van der Waals surface area contributed by atoms with Crippen LogP contribution in [0.15, 0.2) is 18.2 Å². The van der Waals surface area contributed by atoms with Gasteiger partial charge in [0.05, 0.1) is 18.8 Å². The molecule has 0 aromatic heterocycles. The monoisotopic (exact) mass is 418 g/mol. The van der Waals surface area contributed by atoms with E-state index in [9.17, 15) is 9.59 Å². The maximum absolute atomic E-state index is 12.9. The first kappa shape index (κ1) is 24.2. The Morgan fingerprint density at radius 3 is 2.57 bits per heavy atom. The second-order valence-electron chi connectivity index (χ2n) is 8.07. The number of benzene rings is 1. The first-order valence-electron chi connectivity index (χ1n) is 11.2. The van der Waals surface area contributed by atoms with Gasteiger partial charge in [0, 0.05) is 57.6 Å². The number of carbonyl (C=O) groups excluding carboxylic acids is 2. The molecule has 1 heterocycles. The van der Waals surface area contributed by atoms with Crippen molar-refractivity contribution in [2.75, 3.05) is 63.7 Å². The summed E-state index contributed by atoms with van der Waals surface area (Å²) in [6.07, 6.45) is 3.83. The summed E-state index contributed by atoms with van der Waals surface area (Å²) < 4.78 is 5.36. The lowest BCUT2D eigenvalue weighted by molar-refractivity contribution is -0.120. The quantitative estimate of drug-likeness (QED) is 0.578. The molecule has 1 aliphatic rings. The van der Waals surface area contributed by atoms with Gasteiger partial charge in [0.2, 0.25) is 5.91 Å². The number of ether oxygens (including phenoxy) is 1. The van der Waals surface area contributed by atoms with Gasteiger partial charge in [-0.3, -0.25) is 14.5 Å². The summed E-state index contributed by atoms with van der Waals surface area (Å²) in [6.45, 7) is 8.86. The Morgan fingerprint density at radius 1 is 1.20 bits per heavy atom. The van der Waals surface area contributed by atoms with Gasteiger partial charge in [-0.05, 0) is 31.0 Å². The first-order valence-corrected chi connectivity index (χ1v) is 11.2. The van der Waals surface area contributed by atoms with Crippen molar-refractivity contribution in [2.45, 2.75) is 39.5 Å². The van der Waals surface area contributed by atoms with Crippen LogP contribution in [0.4, 0.5) is 11.4 Å². The highest BCUT2D eigenvalue weighted by Gasteiger charge is 2.19. The molecule has 1 aromatic rings. The van der Waals surface area contributed by atoms with Crippen molar-refractivity contribution in [3.8, 4) is 0 Å². The SMILES string of the molecule is CCCCC(CC)C(=O)Nc1ccc(N(C)C)c(C(=O)NCCN2CCOCC2)c1. The highest BCUT2D eigenvalue weighted by atomic mass is 16.5. The molecule has 0 radical (unpaired) electrons. The van der Waals surface area contributed by atoms with Gasteiger partial charge >= 0.3 is 0 Å². The summed E-state index contributed by atoms with van der Waals surface area (Å²) >= 11 is 0. The van der Waals surface area contributed by atoms with Gasteiger partial charge in [0.25, 0.3) is 5.91 Å². The van der Waals surface area contributed by atoms with Crippen molar-refractivity contribution in [1.29, 1.82) is 0 Å². The third-order valence-electron chi connectivity index (χ3n) is 5.58. The van der Waals surface area contributed by atoms with E-state index in [2.05, 4.69) is 22.5 Å². The van der Waals surface area contributed by atoms with E-state index in [1.54, 1.807) is 6.07 Å². The highest BCUT2D eigenvalue weighted by molar-refractivity contribution is 6.02. The summed E-state index contributed by atoms with van der Waals surface area (Å²) in [6, 6.07) is 5.54. The van der Waals surface area contributed by atoms with Gasteiger partial charge in [-0.1, -0.05) is 26.7 Å². The Kier molecular flexibility index (Phi) is 10.1. The third kappa shape index (κ3) is 7.29. The molecule has 0 saturated carbocycles. The smallest absolute Gasteiger partial charge is 0.253 e. The Balaban J connectivity index is 2.03. The minimum absolute atomic E-state index is 0.00396. The van der Waals surface area contributed by atoms with Crippen LogP contribution in [0, 0.1) is 5.92 Å². The molecular weight excluding hydrogens is 380 g/mol. The molecule has 2 amide bonds. The minimum atomic E-state index is -0.124. The molecule has 7 nitrogen and oxygen atoms in total. The molecule has 7 heteroatoms. The molecule has 1 saturated heterocycles. The molecule has 1 fully saturated rings. The molecule has 0 bridgehead atoms. The summed E-state index contributed by atoms with van der Waals surface area (Å²) in [5.74, 6) is -0.0902. The van der Waals surface area contributed by atoms with Gasteiger partial charge < -0.3 is 20.3 Å². The zero-order valence-corrected chi connectivity index (χ0v) is 19.0. The van der Waals surface area contributed by atoms with Crippen molar-refractivity contribution in [2.24, 2.45) is 5.92 Å². The predicted molar refractivity (Wildman–Crippen MR) is 122 cm³/mol. The number of hydrogen-bond donors (Lipinski definition) is 2. The van der Waals surface area contributed by atoms with Crippen LogP contribution < -0.4 is 15.5 Å². The zero-order valence-electron chi connectivity index (χ0n) is 19.0. The zero-order chi connectivity index (χ0) is 21.9. The van der Waals surface area contributed by atoms with Crippen LogP contribution in [-0.2, 0) is 9.53 Å². The molecule has 30 heavy (non-hydrogen) atoms. The number of unbranched alkanes of at least 4 members (excludes halogenated alkanes) is 1. The van der Waals surface area contributed by atoms with E-state index in [4.69, 9.17) is 4.74 Å². The molecule has 1 atom stereocenters.